The first-order valence-electron chi connectivity index (χ1n) is 6.73. The third-order valence-electron chi connectivity index (χ3n) is 3.88. The Kier molecular flexibility index (Phi) is 3.81. The van der Waals surface area contributed by atoms with Crippen LogP contribution in [0.2, 0.25) is 0 Å². The van der Waals surface area contributed by atoms with Gasteiger partial charge in [-0.1, -0.05) is 19.1 Å². The maximum Gasteiger partial charge on any atom is 0.256 e. The zero-order valence-corrected chi connectivity index (χ0v) is 12.1. The number of likely N-dealkylation sites (tertiary alicyclic amines) is 1. The Morgan fingerprint density at radius 2 is 1.95 bits per heavy atom. The number of benzene rings is 1. The van der Waals surface area contributed by atoms with Crippen molar-refractivity contribution in [2.45, 2.75) is 25.9 Å². The van der Waals surface area contributed by atoms with Gasteiger partial charge in [-0.3, -0.25) is 9.59 Å². The van der Waals surface area contributed by atoms with Gasteiger partial charge in [-0.2, -0.15) is 0 Å². The second-order valence-corrected chi connectivity index (χ2v) is 5.33. The summed E-state index contributed by atoms with van der Waals surface area (Å²) in [6.45, 7) is 4.06. The van der Waals surface area contributed by atoms with Crippen molar-refractivity contribution in [3.8, 4) is 0 Å². The highest BCUT2D eigenvalue weighted by atomic mass is 16.3. The van der Waals surface area contributed by atoms with E-state index < -0.39 is 5.60 Å². The van der Waals surface area contributed by atoms with E-state index >= 15 is 0 Å². The highest BCUT2D eigenvalue weighted by Crippen LogP contribution is 2.28. The third kappa shape index (κ3) is 2.54. The molecule has 0 atom stereocenters. The molecule has 0 aromatic heterocycles. The molecule has 0 spiro atoms. The number of nitrogens with zero attached hydrogens (tertiary/aromatic N) is 2. The summed E-state index contributed by atoms with van der Waals surface area (Å²) in [4.78, 5) is 27.0. The molecule has 1 heterocycles. The molecule has 1 aliphatic heterocycles. The summed E-state index contributed by atoms with van der Waals surface area (Å²) < 4.78 is 0. The van der Waals surface area contributed by atoms with Crippen LogP contribution in [0.5, 0.6) is 0 Å². The summed E-state index contributed by atoms with van der Waals surface area (Å²) in [5.74, 6) is -0.272. The van der Waals surface area contributed by atoms with Crippen LogP contribution < -0.4 is 4.90 Å². The fourth-order valence-corrected chi connectivity index (χ4v) is 2.32. The van der Waals surface area contributed by atoms with Crippen LogP contribution in [0.25, 0.3) is 0 Å². The molecule has 5 heteroatoms. The molecule has 0 bridgehead atoms. The second kappa shape index (κ2) is 5.25. The van der Waals surface area contributed by atoms with E-state index in [1.807, 2.05) is 6.92 Å². The summed E-state index contributed by atoms with van der Waals surface area (Å²) in [7, 11) is 1.65. The number of hydrogen-bond acceptors (Lipinski definition) is 3. The van der Waals surface area contributed by atoms with Gasteiger partial charge in [0.15, 0.2) is 0 Å². The summed E-state index contributed by atoms with van der Waals surface area (Å²) in [6, 6.07) is 7.03. The highest BCUT2D eigenvalue weighted by molar-refractivity contribution is 6.04. The lowest BCUT2D eigenvalue weighted by Gasteiger charge is -2.46. The second-order valence-electron chi connectivity index (χ2n) is 5.33. The molecule has 1 aliphatic rings. The Balaban J connectivity index is 2.22. The number of para-hydroxylation sites is 1. The van der Waals surface area contributed by atoms with E-state index in [1.165, 1.54) is 11.8 Å². The predicted octanol–water partition coefficient (Wildman–Crippen LogP) is 1.27. The number of carbonyl (C=O) groups is 2. The molecule has 1 saturated heterocycles. The minimum absolute atomic E-state index is 0.126. The largest absolute Gasteiger partial charge is 0.386 e. The first-order chi connectivity index (χ1) is 9.38. The molecule has 1 aromatic carbocycles. The first kappa shape index (κ1) is 14.5. The third-order valence-corrected chi connectivity index (χ3v) is 3.88. The molecular formula is C15H20N2O3. The standard InChI is InChI=1S/C15H20N2O3/c1-4-15(20)9-17(10-15)14(19)12-7-5-6-8-13(12)16(3)11(2)18/h5-8,20H,4,9-10H2,1-3H3. The van der Waals surface area contributed by atoms with Crippen molar-refractivity contribution < 1.29 is 14.7 Å². The van der Waals surface area contributed by atoms with Crippen molar-refractivity contribution in [2.75, 3.05) is 25.0 Å². The van der Waals surface area contributed by atoms with Crippen molar-refractivity contribution in [3.63, 3.8) is 0 Å². The molecule has 1 aromatic rings. The summed E-state index contributed by atoms with van der Waals surface area (Å²) >= 11 is 0. The van der Waals surface area contributed by atoms with Crippen LogP contribution in [0, 0.1) is 0 Å². The SMILES string of the molecule is CCC1(O)CN(C(=O)c2ccccc2N(C)C(C)=O)C1. The molecule has 0 saturated carbocycles. The molecule has 0 unspecified atom stereocenters. The Morgan fingerprint density at radius 1 is 1.35 bits per heavy atom. The molecule has 20 heavy (non-hydrogen) atoms. The predicted molar refractivity (Wildman–Crippen MR) is 76.7 cm³/mol. The van der Waals surface area contributed by atoms with Gasteiger partial charge >= 0.3 is 0 Å². The number of amides is 2. The monoisotopic (exact) mass is 276 g/mol. The minimum atomic E-state index is -0.753. The molecule has 2 rings (SSSR count). The number of aliphatic hydroxyl groups is 1. The topological polar surface area (TPSA) is 60.9 Å². The lowest BCUT2D eigenvalue weighted by Crippen LogP contribution is -2.63. The fraction of sp³-hybridized carbons (Fsp3) is 0.467. The molecule has 1 fully saturated rings. The average molecular weight is 276 g/mol. The molecule has 0 aliphatic carbocycles. The summed E-state index contributed by atoms with van der Waals surface area (Å²) in [5, 5.41) is 9.99. The van der Waals surface area contributed by atoms with Gasteiger partial charge in [-0.25, -0.2) is 0 Å². The van der Waals surface area contributed by atoms with Gasteiger partial charge < -0.3 is 14.9 Å². The Bertz CT molecular complexity index is 536. The number of anilines is 1. The number of β-amino-alcohol motifs (C(OH)–C–C–N with tert-alkyl or cyclic N) is 1. The quantitative estimate of drug-likeness (QED) is 0.904. The number of rotatable bonds is 3. The smallest absolute Gasteiger partial charge is 0.256 e. The zero-order valence-electron chi connectivity index (χ0n) is 12.1. The first-order valence-corrected chi connectivity index (χ1v) is 6.73. The molecule has 1 N–H and O–H groups in total. The lowest BCUT2D eigenvalue weighted by atomic mass is 9.90. The van der Waals surface area contributed by atoms with Crippen LogP contribution in [0.15, 0.2) is 24.3 Å². The van der Waals surface area contributed by atoms with Crippen molar-refractivity contribution in [1.29, 1.82) is 0 Å². The maximum absolute atomic E-state index is 12.5. The molecule has 0 radical (unpaired) electrons. The van der Waals surface area contributed by atoms with Gasteiger partial charge in [0.05, 0.1) is 29.9 Å². The minimum Gasteiger partial charge on any atom is -0.386 e. The van der Waals surface area contributed by atoms with E-state index in [4.69, 9.17) is 0 Å². The molecule has 5 nitrogen and oxygen atoms in total. The Hall–Kier alpha value is -1.88. The van der Waals surface area contributed by atoms with Gasteiger partial charge in [0.25, 0.3) is 5.91 Å². The Morgan fingerprint density at radius 3 is 2.50 bits per heavy atom. The van der Waals surface area contributed by atoms with E-state index in [2.05, 4.69) is 0 Å². The van der Waals surface area contributed by atoms with E-state index in [0.29, 0.717) is 30.8 Å². The lowest BCUT2D eigenvalue weighted by molar-refractivity contribution is -0.116. The summed E-state index contributed by atoms with van der Waals surface area (Å²) in [5.41, 5.74) is 0.331. The van der Waals surface area contributed by atoms with Crippen molar-refractivity contribution in [1.82, 2.24) is 4.90 Å². The number of carbonyl (C=O) groups excluding carboxylic acids is 2. The van der Waals surface area contributed by atoms with Crippen LogP contribution in [0.3, 0.4) is 0 Å². The van der Waals surface area contributed by atoms with Gasteiger partial charge in [0.1, 0.15) is 0 Å². The van der Waals surface area contributed by atoms with Crippen LogP contribution >= 0.6 is 0 Å². The molecule has 2 amide bonds. The number of hydrogen-bond donors (Lipinski definition) is 1. The van der Waals surface area contributed by atoms with Gasteiger partial charge in [0, 0.05) is 14.0 Å². The molecule has 108 valence electrons. The van der Waals surface area contributed by atoms with E-state index in [9.17, 15) is 14.7 Å². The fourth-order valence-electron chi connectivity index (χ4n) is 2.32. The van der Waals surface area contributed by atoms with Crippen molar-refractivity contribution in [2.24, 2.45) is 0 Å². The van der Waals surface area contributed by atoms with Crippen LogP contribution in [-0.4, -0.2) is 47.6 Å². The van der Waals surface area contributed by atoms with Gasteiger partial charge in [-0.15, -0.1) is 0 Å². The van der Waals surface area contributed by atoms with Crippen LogP contribution in [-0.2, 0) is 4.79 Å². The average Bonchev–Trinajstić information content (AvgIpc) is 2.42. The van der Waals surface area contributed by atoms with Crippen LogP contribution in [0.1, 0.15) is 30.6 Å². The Labute approximate surface area is 118 Å². The maximum atomic E-state index is 12.5. The van der Waals surface area contributed by atoms with Crippen LogP contribution in [0.4, 0.5) is 5.69 Å². The summed E-state index contributed by atoms with van der Waals surface area (Å²) in [6.07, 6.45) is 0.631. The van der Waals surface area contributed by atoms with E-state index in [-0.39, 0.29) is 11.8 Å². The van der Waals surface area contributed by atoms with E-state index in [0.717, 1.165) is 0 Å². The highest BCUT2D eigenvalue weighted by Gasteiger charge is 2.42. The van der Waals surface area contributed by atoms with Gasteiger partial charge in [0.2, 0.25) is 5.91 Å². The molecular weight excluding hydrogens is 256 g/mol. The zero-order chi connectivity index (χ0) is 14.9. The van der Waals surface area contributed by atoms with Gasteiger partial charge in [-0.05, 0) is 18.6 Å². The van der Waals surface area contributed by atoms with Crippen molar-refractivity contribution in [3.05, 3.63) is 29.8 Å². The van der Waals surface area contributed by atoms with Crippen molar-refractivity contribution >= 4 is 17.5 Å². The van der Waals surface area contributed by atoms with E-state index in [1.54, 1.807) is 36.2 Å². The normalized spacial score (nSPS) is 16.5.